The highest BCUT2D eigenvalue weighted by atomic mass is 16.6. The van der Waals surface area contributed by atoms with Crippen LogP contribution in [0.3, 0.4) is 0 Å². The molecule has 5 heteroatoms. The van der Waals surface area contributed by atoms with Crippen molar-refractivity contribution in [3.05, 3.63) is 71.8 Å². The molecule has 0 radical (unpaired) electrons. The molecule has 0 aliphatic carbocycles. The first kappa shape index (κ1) is 20.1. The molecule has 0 aliphatic rings. The van der Waals surface area contributed by atoms with Gasteiger partial charge in [-0.3, -0.25) is 4.90 Å². The van der Waals surface area contributed by atoms with E-state index in [2.05, 4.69) is 29.2 Å². The number of carboxylic acids is 1. The van der Waals surface area contributed by atoms with Gasteiger partial charge in [-0.2, -0.15) is 0 Å². The predicted octanol–water partition coefficient (Wildman–Crippen LogP) is 3.54. The van der Waals surface area contributed by atoms with Gasteiger partial charge in [0.25, 0.3) is 0 Å². The van der Waals surface area contributed by atoms with E-state index < -0.39 is 12.1 Å². The molecule has 0 bridgehead atoms. The standard InChI is InChI=1S/C21H27NO4/c1-17(21(23)24)25-13-14-26-18(2)22(15-19-9-5-3-6-10-19)16-20-11-7-4-8-12-20/h3-12,17-18H,13-16H2,1-2H3,(H,23,24). The largest absolute Gasteiger partial charge is 0.479 e. The first-order valence-corrected chi connectivity index (χ1v) is 8.84. The predicted molar refractivity (Wildman–Crippen MR) is 101 cm³/mol. The summed E-state index contributed by atoms with van der Waals surface area (Å²) >= 11 is 0. The lowest BCUT2D eigenvalue weighted by molar-refractivity contribution is -0.151. The number of ether oxygens (including phenoxy) is 2. The van der Waals surface area contributed by atoms with Gasteiger partial charge in [0, 0.05) is 13.1 Å². The Bertz CT molecular complexity index is 606. The highest BCUT2D eigenvalue weighted by Gasteiger charge is 2.16. The molecule has 5 nitrogen and oxygen atoms in total. The summed E-state index contributed by atoms with van der Waals surface area (Å²) in [5, 5.41) is 8.83. The lowest BCUT2D eigenvalue weighted by Gasteiger charge is -2.29. The SMILES string of the molecule is CC(OCCOC(C)N(Cc1ccccc1)Cc1ccccc1)C(=O)O. The summed E-state index contributed by atoms with van der Waals surface area (Å²) in [6.45, 7) is 5.66. The van der Waals surface area contributed by atoms with Gasteiger partial charge in [-0.1, -0.05) is 60.7 Å². The molecule has 2 rings (SSSR count). The third-order valence-corrected chi connectivity index (χ3v) is 4.13. The van der Waals surface area contributed by atoms with E-state index in [4.69, 9.17) is 14.6 Å². The molecular formula is C21H27NO4. The van der Waals surface area contributed by atoms with Crippen LogP contribution in [0.5, 0.6) is 0 Å². The number of hydrogen-bond donors (Lipinski definition) is 1. The number of hydrogen-bond acceptors (Lipinski definition) is 4. The Balaban J connectivity index is 1.92. The summed E-state index contributed by atoms with van der Waals surface area (Å²) in [7, 11) is 0. The van der Waals surface area contributed by atoms with E-state index in [1.807, 2.05) is 43.3 Å². The van der Waals surface area contributed by atoms with Crippen LogP contribution in [0.25, 0.3) is 0 Å². The van der Waals surface area contributed by atoms with Gasteiger partial charge in [-0.25, -0.2) is 4.79 Å². The van der Waals surface area contributed by atoms with Crippen molar-refractivity contribution in [2.45, 2.75) is 39.3 Å². The minimum atomic E-state index is -0.965. The molecule has 0 saturated carbocycles. The Labute approximate surface area is 155 Å². The molecule has 2 unspecified atom stereocenters. The second-order valence-corrected chi connectivity index (χ2v) is 6.20. The number of aliphatic carboxylic acids is 1. The summed E-state index contributed by atoms with van der Waals surface area (Å²) in [6.07, 6.45) is -0.946. The van der Waals surface area contributed by atoms with Crippen LogP contribution in [-0.4, -0.2) is 41.5 Å². The van der Waals surface area contributed by atoms with Crippen molar-refractivity contribution in [3.63, 3.8) is 0 Å². The fourth-order valence-electron chi connectivity index (χ4n) is 2.57. The molecule has 0 fully saturated rings. The van der Waals surface area contributed by atoms with Gasteiger partial charge in [0.1, 0.15) is 6.23 Å². The molecule has 1 N–H and O–H groups in total. The van der Waals surface area contributed by atoms with E-state index in [1.54, 1.807) is 0 Å². The van der Waals surface area contributed by atoms with Gasteiger partial charge in [0.15, 0.2) is 6.10 Å². The van der Waals surface area contributed by atoms with Crippen molar-refractivity contribution >= 4 is 5.97 Å². The first-order chi connectivity index (χ1) is 12.6. The van der Waals surface area contributed by atoms with Crippen molar-refractivity contribution in [2.75, 3.05) is 13.2 Å². The fraction of sp³-hybridized carbons (Fsp3) is 0.381. The van der Waals surface area contributed by atoms with E-state index in [1.165, 1.54) is 18.1 Å². The number of carboxylic acid groups (broad SMARTS) is 1. The molecule has 0 aliphatic heterocycles. The molecule has 0 spiro atoms. The minimum Gasteiger partial charge on any atom is -0.479 e. The fourth-order valence-corrected chi connectivity index (χ4v) is 2.57. The van der Waals surface area contributed by atoms with Gasteiger partial charge in [-0.15, -0.1) is 0 Å². The van der Waals surface area contributed by atoms with Crippen molar-refractivity contribution in [1.29, 1.82) is 0 Å². The maximum absolute atomic E-state index is 10.8. The van der Waals surface area contributed by atoms with Gasteiger partial charge in [0.05, 0.1) is 13.2 Å². The lowest BCUT2D eigenvalue weighted by atomic mass is 10.1. The Morgan fingerprint density at radius 2 is 1.35 bits per heavy atom. The Hall–Kier alpha value is -2.21. The van der Waals surface area contributed by atoms with Gasteiger partial charge < -0.3 is 14.6 Å². The maximum Gasteiger partial charge on any atom is 0.332 e. The van der Waals surface area contributed by atoms with Crippen molar-refractivity contribution in [2.24, 2.45) is 0 Å². The van der Waals surface area contributed by atoms with Crippen LogP contribution in [0.4, 0.5) is 0 Å². The van der Waals surface area contributed by atoms with Crippen LogP contribution < -0.4 is 0 Å². The normalized spacial score (nSPS) is 13.5. The van der Waals surface area contributed by atoms with Crippen LogP contribution in [0.1, 0.15) is 25.0 Å². The number of nitrogens with zero attached hydrogens (tertiary/aromatic N) is 1. The third-order valence-electron chi connectivity index (χ3n) is 4.13. The van der Waals surface area contributed by atoms with Crippen molar-refractivity contribution in [3.8, 4) is 0 Å². The lowest BCUT2D eigenvalue weighted by Crippen LogP contribution is -2.35. The van der Waals surface area contributed by atoms with Gasteiger partial charge in [-0.05, 0) is 25.0 Å². The van der Waals surface area contributed by atoms with E-state index >= 15 is 0 Å². The van der Waals surface area contributed by atoms with Crippen molar-refractivity contribution < 1.29 is 19.4 Å². The molecular weight excluding hydrogens is 330 g/mol. The summed E-state index contributed by atoms with van der Waals surface area (Å²) < 4.78 is 11.1. The molecule has 2 aromatic rings. The first-order valence-electron chi connectivity index (χ1n) is 8.84. The molecule has 0 aromatic heterocycles. The zero-order valence-corrected chi connectivity index (χ0v) is 15.4. The Morgan fingerprint density at radius 1 is 0.885 bits per heavy atom. The monoisotopic (exact) mass is 357 g/mol. The van der Waals surface area contributed by atoms with Crippen LogP contribution in [0, 0.1) is 0 Å². The topological polar surface area (TPSA) is 59.0 Å². The van der Waals surface area contributed by atoms with E-state index in [9.17, 15) is 4.79 Å². The Kier molecular flexibility index (Phi) is 8.28. The summed E-state index contributed by atoms with van der Waals surface area (Å²) in [5.41, 5.74) is 2.43. The highest BCUT2D eigenvalue weighted by molar-refractivity contribution is 5.71. The zero-order valence-electron chi connectivity index (χ0n) is 15.4. The number of benzene rings is 2. The van der Waals surface area contributed by atoms with Crippen LogP contribution >= 0.6 is 0 Å². The quantitative estimate of drug-likeness (QED) is 0.492. The minimum absolute atomic E-state index is 0.126. The second-order valence-electron chi connectivity index (χ2n) is 6.20. The van der Waals surface area contributed by atoms with Gasteiger partial charge in [0.2, 0.25) is 0 Å². The van der Waals surface area contributed by atoms with Crippen LogP contribution in [0.2, 0.25) is 0 Å². The molecule has 140 valence electrons. The summed E-state index contributed by atoms with van der Waals surface area (Å²) in [6, 6.07) is 20.5. The van der Waals surface area contributed by atoms with E-state index in [0.29, 0.717) is 6.61 Å². The molecule has 0 saturated heterocycles. The second kappa shape index (κ2) is 10.7. The van der Waals surface area contributed by atoms with E-state index in [-0.39, 0.29) is 12.8 Å². The number of rotatable bonds is 11. The third kappa shape index (κ3) is 6.96. The molecule has 0 amide bonds. The molecule has 26 heavy (non-hydrogen) atoms. The maximum atomic E-state index is 10.8. The van der Waals surface area contributed by atoms with Crippen LogP contribution in [-0.2, 0) is 27.4 Å². The van der Waals surface area contributed by atoms with Crippen LogP contribution in [0.15, 0.2) is 60.7 Å². The molecule has 2 atom stereocenters. The summed E-state index contributed by atoms with van der Waals surface area (Å²) in [4.78, 5) is 13.0. The van der Waals surface area contributed by atoms with E-state index in [0.717, 1.165) is 13.1 Å². The number of carbonyl (C=O) groups is 1. The summed E-state index contributed by atoms with van der Waals surface area (Å²) in [5.74, 6) is -0.965. The zero-order chi connectivity index (χ0) is 18.8. The Morgan fingerprint density at radius 3 is 1.81 bits per heavy atom. The molecule has 0 heterocycles. The van der Waals surface area contributed by atoms with Gasteiger partial charge >= 0.3 is 5.97 Å². The van der Waals surface area contributed by atoms with Crippen molar-refractivity contribution in [1.82, 2.24) is 4.90 Å². The average molecular weight is 357 g/mol. The average Bonchev–Trinajstić information content (AvgIpc) is 2.66. The highest BCUT2D eigenvalue weighted by Crippen LogP contribution is 2.14. The molecule has 2 aromatic carbocycles. The smallest absolute Gasteiger partial charge is 0.332 e.